The molecule has 1 N–H and O–H groups in total. The fourth-order valence-corrected chi connectivity index (χ4v) is 2.44. The van der Waals surface area contributed by atoms with Crippen molar-refractivity contribution < 1.29 is 13.9 Å². The van der Waals surface area contributed by atoms with E-state index in [1.54, 1.807) is 14.2 Å². The number of hydrogen-bond donors (Lipinski definition) is 1. The maximum atomic E-state index is 5.57. The van der Waals surface area contributed by atoms with Gasteiger partial charge in [-0.05, 0) is 36.8 Å². The Morgan fingerprint density at radius 3 is 2.36 bits per heavy atom. The molecule has 0 aliphatic heterocycles. The molecule has 1 aromatic carbocycles. The predicted octanol–water partition coefficient (Wildman–Crippen LogP) is 3.67. The van der Waals surface area contributed by atoms with Crippen LogP contribution in [-0.4, -0.2) is 20.8 Å². The molecule has 0 fully saturated rings. The van der Waals surface area contributed by atoms with Gasteiger partial charge in [-0.3, -0.25) is 0 Å². The SMILES string of the molecule is COc1ccc(C(C)(C)CNCc2ccc(C)o2)cc1OC. The van der Waals surface area contributed by atoms with Crippen molar-refractivity contribution in [2.24, 2.45) is 0 Å². The monoisotopic (exact) mass is 303 g/mol. The van der Waals surface area contributed by atoms with Crippen molar-refractivity contribution in [2.45, 2.75) is 32.7 Å². The van der Waals surface area contributed by atoms with Gasteiger partial charge in [0.15, 0.2) is 11.5 Å². The third-order valence-electron chi connectivity index (χ3n) is 3.83. The fraction of sp³-hybridized carbons (Fsp3) is 0.444. The van der Waals surface area contributed by atoms with Crippen LogP contribution in [0.4, 0.5) is 0 Å². The maximum Gasteiger partial charge on any atom is 0.161 e. The highest BCUT2D eigenvalue weighted by atomic mass is 16.5. The van der Waals surface area contributed by atoms with Gasteiger partial charge in [-0.25, -0.2) is 0 Å². The molecule has 0 spiro atoms. The van der Waals surface area contributed by atoms with Crippen LogP contribution in [0.25, 0.3) is 0 Å². The summed E-state index contributed by atoms with van der Waals surface area (Å²) in [5.74, 6) is 3.41. The Bertz CT molecular complexity index is 617. The lowest BCUT2D eigenvalue weighted by Crippen LogP contribution is -2.32. The van der Waals surface area contributed by atoms with Crippen molar-refractivity contribution in [1.29, 1.82) is 0 Å². The molecule has 0 aliphatic rings. The molecule has 120 valence electrons. The second kappa shape index (κ2) is 6.88. The molecule has 1 aromatic heterocycles. The lowest BCUT2D eigenvalue weighted by atomic mass is 9.84. The predicted molar refractivity (Wildman–Crippen MR) is 87.7 cm³/mol. The zero-order chi connectivity index (χ0) is 16.2. The molecule has 2 aromatic rings. The van der Waals surface area contributed by atoms with Gasteiger partial charge in [0.1, 0.15) is 11.5 Å². The molecular weight excluding hydrogens is 278 g/mol. The Balaban J connectivity index is 2.02. The van der Waals surface area contributed by atoms with E-state index in [0.717, 1.165) is 36.1 Å². The van der Waals surface area contributed by atoms with Gasteiger partial charge in [-0.1, -0.05) is 19.9 Å². The average molecular weight is 303 g/mol. The van der Waals surface area contributed by atoms with Gasteiger partial charge < -0.3 is 19.2 Å². The van der Waals surface area contributed by atoms with Crippen LogP contribution in [0, 0.1) is 6.92 Å². The van der Waals surface area contributed by atoms with Crippen LogP contribution in [0.3, 0.4) is 0 Å². The van der Waals surface area contributed by atoms with Crippen molar-refractivity contribution >= 4 is 0 Å². The summed E-state index contributed by atoms with van der Waals surface area (Å²) in [5.41, 5.74) is 1.18. The van der Waals surface area contributed by atoms with Crippen molar-refractivity contribution in [3.05, 3.63) is 47.4 Å². The van der Waals surface area contributed by atoms with E-state index in [0.29, 0.717) is 0 Å². The Morgan fingerprint density at radius 2 is 1.77 bits per heavy atom. The summed E-state index contributed by atoms with van der Waals surface area (Å²) in [4.78, 5) is 0. The number of methoxy groups -OCH3 is 2. The summed E-state index contributed by atoms with van der Waals surface area (Å²) >= 11 is 0. The highest BCUT2D eigenvalue weighted by Gasteiger charge is 2.22. The molecule has 0 aliphatic carbocycles. The van der Waals surface area contributed by atoms with Crippen molar-refractivity contribution in [2.75, 3.05) is 20.8 Å². The largest absolute Gasteiger partial charge is 0.493 e. The molecular formula is C18H25NO3. The molecule has 22 heavy (non-hydrogen) atoms. The van der Waals surface area contributed by atoms with Gasteiger partial charge in [0, 0.05) is 12.0 Å². The Kier molecular flexibility index (Phi) is 5.14. The number of benzene rings is 1. The van der Waals surface area contributed by atoms with Crippen molar-refractivity contribution in [1.82, 2.24) is 5.32 Å². The van der Waals surface area contributed by atoms with Gasteiger partial charge in [-0.2, -0.15) is 0 Å². The van der Waals surface area contributed by atoms with Crippen LogP contribution in [0.5, 0.6) is 11.5 Å². The Hall–Kier alpha value is -1.94. The second-order valence-electron chi connectivity index (χ2n) is 6.07. The quantitative estimate of drug-likeness (QED) is 0.847. The normalized spacial score (nSPS) is 11.5. The summed E-state index contributed by atoms with van der Waals surface area (Å²) in [6.07, 6.45) is 0. The summed E-state index contributed by atoms with van der Waals surface area (Å²) in [6.45, 7) is 7.92. The number of rotatable bonds is 7. The molecule has 0 saturated carbocycles. The van der Waals surface area contributed by atoms with E-state index in [-0.39, 0.29) is 5.41 Å². The van der Waals surface area contributed by atoms with Crippen LogP contribution < -0.4 is 14.8 Å². The van der Waals surface area contributed by atoms with E-state index in [1.165, 1.54) is 5.56 Å². The lowest BCUT2D eigenvalue weighted by Gasteiger charge is -2.26. The van der Waals surface area contributed by atoms with Crippen LogP contribution >= 0.6 is 0 Å². The van der Waals surface area contributed by atoms with Crippen molar-refractivity contribution in [3.63, 3.8) is 0 Å². The van der Waals surface area contributed by atoms with Crippen LogP contribution in [0.15, 0.2) is 34.7 Å². The van der Waals surface area contributed by atoms with Gasteiger partial charge in [0.05, 0.1) is 20.8 Å². The zero-order valence-corrected chi connectivity index (χ0v) is 14.0. The molecule has 0 unspecified atom stereocenters. The molecule has 2 rings (SSSR count). The molecule has 0 saturated heterocycles. The lowest BCUT2D eigenvalue weighted by molar-refractivity contribution is 0.352. The highest BCUT2D eigenvalue weighted by Crippen LogP contribution is 2.32. The molecule has 0 bridgehead atoms. The maximum absolute atomic E-state index is 5.57. The number of furan rings is 1. The van der Waals surface area contributed by atoms with Crippen LogP contribution in [0.1, 0.15) is 30.9 Å². The summed E-state index contributed by atoms with van der Waals surface area (Å²) in [6, 6.07) is 10.1. The fourth-order valence-electron chi connectivity index (χ4n) is 2.44. The van der Waals surface area contributed by atoms with E-state index >= 15 is 0 Å². The number of nitrogens with one attached hydrogen (secondary N) is 1. The minimum Gasteiger partial charge on any atom is -0.493 e. The Labute approximate surface area is 132 Å². The van der Waals surface area contributed by atoms with Gasteiger partial charge in [0.2, 0.25) is 0 Å². The summed E-state index contributed by atoms with van der Waals surface area (Å²) < 4.78 is 16.3. The molecule has 0 radical (unpaired) electrons. The topological polar surface area (TPSA) is 43.6 Å². The number of hydrogen-bond acceptors (Lipinski definition) is 4. The van der Waals surface area contributed by atoms with Crippen LogP contribution in [-0.2, 0) is 12.0 Å². The van der Waals surface area contributed by atoms with Crippen molar-refractivity contribution in [3.8, 4) is 11.5 Å². The second-order valence-corrected chi connectivity index (χ2v) is 6.07. The van der Waals surface area contributed by atoms with E-state index < -0.39 is 0 Å². The minimum absolute atomic E-state index is 0.0266. The first kappa shape index (κ1) is 16.4. The first-order chi connectivity index (χ1) is 10.5. The standard InChI is InChI=1S/C18H25NO3/c1-13-6-8-15(22-13)11-19-12-18(2,3)14-7-9-16(20-4)17(10-14)21-5/h6-10,19H,11-12H2,1-5H3. The zero-order valence-electron chi connectivity index (χ0n) is 14.0. The van der Waals surface area contributed by atoms with E-state index in [9.17, 15) is 0 Å². The third-order valence-corrected chi connectivity index (χ3v) is 3.83. The third kappa shape index (κ3) is 3.83. The van der Waals surface area contributed by atoms with Crippen LogP contribution in [0.2, 0.25) is 0 Å². The minimum atomic E-state index is -0.0266. The summed E-state index contributed by atoms with van der Waals surface area (Å²) in [5, 5.41) is 3.45. The van der Waals surface area contributed by atoms with E-state index in [2.05, 4.69) is 25.2 Å². The number of ether oxygens (including phenoxy) is 2. The average Bonchev–Trinajstić information content (AvgIpc) is 2.91. The molecule has 0 amide bonds. The molecule has 4 nitrogen and oxygen atoms in total. The number of aryl methyl sites for hydroxylation is 1. The highest BCUT2D eigenvalue weighted by molar-refractivity contribution is 5.45. The van der Waals surface area contributed by atoms with Gasteiger partial charge >= 0.3 is 0 Å². The van der Waals surface area contributed by atoms with E-state index in [1.807, 2.05) is 31.2 Å². The smallest absolute Gasteiger partial charge is 0.161 e. The first-order valence-corrected chi connectivity index (χ1v) is 7.45. The Morgan fingerprint density at radius 1 is 1.05 bits per heavy atom. The van der Waals surface area contributed by atoms with Gasteiger partial charge in [0.25, 0.3) is 0 Å². The molecule has 1 heterocycles. The molecule has 0 atom stereocenters. The van der Waals surface area contributed by atoms with E-state index in [4.69, 9.17) is 13.9 Å². The summed E-state index contributed by atoms with van der Waals surface area (Å²) in [7, 11) is 3.31. The molecule has 4 heteroatoms. The van der Waals surface area contributed by atoms with Gasteiger partial charge in [-0.15, -0.1) is 0 Å². The first-order valence-electron chi connectivity index (χ1n) is 7.45.